The van der Waals surface area contributed by atoms with Gasteiger partial charge in [-0.25, -0.2) is 4.79 Å². The number of thiophene rings is 1. The van der Waals surface area contributed by atoms with Crippen LogP contribution >= 0.6 is 11.3 Å². The van der Waals surface area contributed by atoms with Gasteiger partial charge < -0.3 is 10.1 Å². The van der Waals surface area contributed by atoms with Crippen LogP contribution in [0, 0.1) is 6.92 Å². The molecule has 0 spiro atoms. The van der Waals surface area contributed by atoms with Gasteiger partial charge in [0, 0.05) is 10.9 Å². The Labute approximate surface area is 169 Å². The number of alkyl halides is 7. The maximum atomic E-state index is 13.6. The van der Waals surface area contributed by atoms with Crippen molar-refractivity contribution >= 4 is 28.2 Å². The number of benzene rings is 1. The normalized spacial score (nSPS) is 12.6. The number of hydrogen-bond donors (Lipinski definition) is 1. The van der Waals surface area contributed by atoms with Gasteiger partial charge in [-0.05, 0) is 19.4 Å². The zero-order valence-corrected chi connectivity index (χ0v) is 16.2. The van der Waals surface area contributed by atoms with Crippen LogP contribution in [-0.4, -0.2) is 36.5 Å². The lowest BCUT2D eigenvalue weighted by atomic mass is 10.0. The van der Waals surface area contributed by atoms with Gasteiger partial charge in [0.25, 0.3) is 0 Å². The minimum Gasteiger partial charge on any atom is -0.462 e. The number of esters is 1. The van der Waals surface area contributed by atoms with E-state index in [1.165, 1.54) is 17.6 Å². The average Bonchev–Trinajstić information content (AvgIpc) is 3.05. The fraction of sp³-hybridized carbons (Fsp3) is 0.333. The monoisotopic (exact) mass is 457 g/mol. The van der Waals surface area contributed by atoms with Gasteiger partial charge in [0.05, 0.1) is 6.61 Å². The third-order valence-corrected chi connectivity index (χ3v) is 4.79. The first-order valence-electron chi connectivity index (χ1n) is 8.23. The lowest BCUT2D eigenvalue weighted by Crippen LogP contribution is -2.57. The predicted molar refractivity (Wildman–Crippen MR) is 95.0 cm³/mol. The Morgan fingerprint density at radius 2 is 1.60 bits per heavy atom. The SMILES string of the molecule is CCOC(=O)c1c(-c2ccc(C)cc2)csc1NC(=O)C(F)(F)C(F)(F)C(F)(F)F. The second kappa shape index (κ2) is 8.25. The molecule has 0 fully saturated rings. The molecule has 2 aromatic rings. The third-order valence-electron chi connectivity index (χ3n) is 3.90. The fourth-order valence-corrected chi connectivity index (χ4v) is 3.26. The van der Waals surface area contributed by atoms with Crippen LogP contribution < -0.4 is 5.32 Å². The number of amides is 1. The molecule has 0 saturated heterocycles. The molecule has 1 amide bonds. The lowest BCUT2D eigenvalue weighted by Gasteiger charge is -2.26. The van der Waals surface area contributed by atoms with Crippen molar-refractivity contribution < 1.29 is 45.1 Å². The van der Waals surface area contributed by atoms with Gasteiger partial charge in [-0.15, -0.1) is 11.3 Å². The molecule has 1 aromatic heterocycles. The van der Waals surface area contributed by atoms with Crippen molar-refractivity contribution in [1.29, 1.82) is 0 Å². The number of halogens is 7. The van der Waals surface area contributed by atoms with Crippen molar-refractivity contribution in [1.82, 2.24) is 0 Å². The number of ether oxygens (including phenoxy) is 1. The molecule has 164 valence electrons. The number of carbonyl (C=O) groups is 2. The van der Waals surface area contributed by atoms with Gasteiger partial charge >= 0.3 is 29.9 Å². The van der Waals surface area contributed by atoms with Crippen molar-refractivity contribution in [2.24, 2.45) is 0 Å². The molecule has 4 nitrogen and oxygen atoms in total. The molecule has 12 heteroatoms. The molecule has 1 N–H and O–H groups in total. The maximum Gasteiger partial charge on any atom is 0.460 e. The Morgan fingerprint density at radius 3 is 2.10 bits per heavy atom. The van der Waals surface area contributed by atoms with Crippen molar-refractivity contribution in [3.63, 3.8) is 0 Å². The molecular weight excluding hydrogens is 443 g/mol. The number of nitrogens with one attached hydrogen (secondary N) is 1. The first-order valence-corrected chi connectivity index (χ1v) is 9.11. The Kier molecular flexibility index (Phi) is 6.50. The van der Waals surface area contributed by atoms with E-state index in [4.69, 9.17) is 4.74 Å². The number of rotatable bonds is 6. The molecule has 0 aliphatic rings. The minimum atomic E-state index is -6.67. The second-order valence-electron chi connectivity index (χ2n) is 6.04. The van der Waals surface area contributed by atoms with Crippen molar-refractivity contribution in [2.75, 3.05) is 11.9 Å². The third kappa shape index (κ3) is 4.27. The van der Waals surface area contributed by atoms with Gasteiger partial charge in [0.15, 0.2) is 0 Å². The molecule has 0 saturated carbocycles. The average molecular weight is 457 g/mol. The summed E-state index contributed by atoms with van der Waals surface area (Å²) in [6.45, 7) is 3.07. The zero-order chi connectivity index (χ0) is 22.9. The zero-order valence-electron chi connectivity index (χ0n) is 15.4. The number of anilines is 1. The van der Waals surface area contributed by atoms with Crippen LogP contribution in [-0.2, 0) is 9.53 Å². The van der Waals surface area contributed by atoms with Gasteiger partial charge in [-0.3, -0.25) is 4.79 Å². The topological polar surface area (TPSA) is 55.4 Å². The van der Waals surface area contributed by atoms with Crippen molar-refractivity contribution in [2.45, 2.75) is 31.9 Å². The van der Waals surface area contributed by atoms with E-state index in [-0.39, 0.29) is 12.2 Å². The van der Waals surface area contributed by atoms with E-state index in [0.717, 1.165) is 5.56 Å². The van der Waals surface area contributed by atoms with E-state index in [2.05, 4.69) is 0 Å². The highest BCUT2D eigenvalue weighted by Gasteiger charge is 2.76. The Morgan fingerprint density at radius 1 is 1.03 bits per heavy atom. The van der Waals surface area contributed by atoms with Gasteiger partial charge in [0.1, 0.15) is 10.6 Å². The highest BCUT2D eigenvalue weighted by atomic mass is 32.1. The largest absolute Gasteiger partial charge is 0.462 e. The summed E-state index contributed by atoms with van der Waals surface area (Å²) in [6, 6.07) is 6.46. The van der Waals surface area contributed by atoms with Crippen LogP contribution in [0.5, 0.6) is 0 Å². The molecule has 0 radical (unpaired) electrons. The van der Waals surface area contributed by atoms with Gasteiger partial charge in [0.2, 0.25) is 0 Å². The van der Waals surface area contributed by atoms with Crippen LogP contribution in [0.15, 0.2) is 29.6 Å². The fourth-order valence-electron chi connectivity index (χ4n) is 2.30. The molecule has 1 aromatic carbocycles. The Balaban J connectivity index is 2.48. The van der Waals surface area contributed by atoms with E-state index in [9.17, 15) is 40.3 Å². The number of aryl methyl sites for hydroxylation is 1. The maximum absolute atomic E-state index is 13.6. The van der Waals surface area contributed by atoms with E-state index < -0.39 is 40.5 Å². The molecule has 0 unspecified atom stereocenters. The highest BCUT2D eigenvalue weighted by molar-refractivity contribution is 7.15. The Hall–Kier alpha value is -2.63. The summed E-state index contributed by atoms with van der Waals surface area (Å²) in [7, 11) is 0. The quantitative estimate of drug-likeness (QED) is 0.449. The van der Waals surface area contributed by atoms with Gasteiger partial charge in [-0.2, -0.15) is 30.7 Å². The van der Waals surface area contributed by atoms with Crippen molar-refractivity contribution in [3.8, 4) is 11.1 Å². The van der Waals surface area contributed by atoms with E-state index in [0.29, 0.717) is 16.9 Å². The molecule has 0 aliphatic carbocycles. The summed E-state index contributed by atoms with van der Waals surface area (Å²) in [4.78, 5) is 24.0. The summed E-state index contributed by atoms with van der Waals surface area (Å²) in [5.41, 5.74) is 0.951. The Bertz CT molecular complexity index is 936. The van der Waals surface area contributed by atoms with E-state index in [1.807, 2.05) is 0 Å². The van der Waals surface area contributed by atoms with Crippen LogP contribution in [0.25, 0.3) is 11.1 Å². The lowest BCUT2D eigenvalue weighted by molar-refractivity contribution is -0.343. The predicted octanol–water partition coefficient (Wildman–Crippen LogP) is 5.67. The molecular formula is C18H14F7NO3S. The van der Waals surface area contributed by atoms with E-state index in [1.54, 1.807) is 31.2 Å². The second-order valence-corrected chi connectivity index (χ2v) is 6.92. The molecule has 30 heavy (non-hydrogen) atoms. The number of hydrogen-bond acceptors (Lipinski definition) is 4. The summed E-state index contributed by atoms with van der Waals surface area (Å²) in [5.74, 6) is -16.7. The van der Waals surface area contributed by atoms with Crippen LogP contribution in [0.2, 0.25) is 0 Å². The smallest absolute Gasteiger partial charge is 0.460 e. The molecule has 0 aliphatic heterocycles. The van der Waals surface area contributed by atoms with Crippen LogP contribution in [0.4, 0.5) is 35.7 Å². The molecule has 2 rings (SSSR count). The summed E-state index contributed by atoms with van der Waals surface area (Å²) >= 11 is 0.500. The first kappa shape index (κ1) is 23.6. The number of carbonyl (C=O) groups excluding carboxylic acids is 2. The molecule has 1 heterocycles. The van der Waals surface area contributed by atoms with Crippen molar-refractivity contribution in [3.05, 3.63) is 40.8 Å². The summed E-state index contributed by atoms with van der Waals surface area (Å²) in [6.07, 6.45) is -6.67. The standard InChI is InChI=1S/C18H14F7NO3S/c1-3-29-14(27)12-11(10-6-4-9(2)5-7-10)8-30-13(12)26-15(28)16(19,20)17(21,22)18(23,24)25/h4-8H,3H2,1-2H3,(H,26,28). The highest BCUT2D eigenvalue weighted by Crippen LogP contribution is 2.47. The van der Waals surface area contributed by atoms with E-state index >= 15 is 0 Å². The van der Waals surface area contributed by atoms with Crippen LogP contribution in [0.3, 0.4) is 0 Å². The summed E-state index contributed by atoms with van der Waals surface area (Å²) in [5, 5.41) is 1.93. The van der Waals surface area contributed by atoms with Gasteiger partial charge in [-0.1, -0.05) is 29.8 Å². The summed E-state index contributed by atoms with van der Waals surface area (Å²) < 4.78 is 95.3. The van der Waals surface area contributed by atoms with Crippen LogP contribution in [0.1, 0.15) is 22.8 Å². The minimum absolute atomic E-state index is 0.125. The molecule has 0 bridgehead atoms. The molecule has 0 atom stereocenters. The first-order chi connectivity index (χ1) is 13.7.